The van der Waals surface area contributed by atoms with Gasteiger partial charge in [-0.2, -0.15) is 4.98 Å². The summed E-state index contributed by atoms with van der Waals surface area (Å²) in [7, 11) is 0. The van der Waals surface area contributed by atoms with Gasteiger partial charge in [-0.3, -0.25) is 4.79 Å². The van der Waals surface area contributed by atoms with E-state index >= 15 is 0 Å². The Bertz CT molecular complexity index is 405. The molecule has 0 saturated heterocycles. The van der Waals surface area contributed by atoms with Crippen LogP contribution in [0, 0.1) is 5.92 Å². The molecule has 1 saturated carbocycles. The number of hydrogen-bond donors (Lipinski definition) is 0. The van der Waals surface area contributed by atoms with Crippen LogP contribution in [0.25, 0.3) is 0 Å². The Morgan fingerprint density at radius 2 is 2.06 bits per heavy atom. The third-order valence-electron chi connectivity index (χ3n) is 3.35. The first-order chi connectivity index (χ1) is 7.44. The van der Waals surface area contributed by atoms with Crippen LogP contribution in [0.5, 0.6) is 0 Å². The Hall–Kier alpha value is -1.19. The summed E-state index contributed by atoms with van der Waals surface area (Å²) in [4.78, 5) is 15.9. The third-order valence-corrected chi connectivity index (χ3v) is 3.35. The molecule has 1 fully saturated rings. The smallest absolute Gasteiger partial charge is 0.237 e. The normalized spacial score (nSPS) is 19.8. The first kappa shape index (κ1) is 11.3. The minimum atomic E-state index is -0.261. The maximum Gasteiger partial charge on any atom is 0.237 e. The summed E-state index contributed by atoms with van der Waals surface area (Å²) in [6, 6.07) is 0. The second-order valence-electron chi connectivity index (χ2n) is 5.35. The highest BCUT2D eigenvalue weighted by molar-refractivity contribution is 5.82. The van der Waals surface area contributed by atoms with E-state index in [1.807, 2.05) is 13.8 Å². The molecule has 4 nitrogen and oxygen atoms in total. The van der Waals surface area contributed by atoms with Crippen molar-refractivity contribution in [3.63, 3.8) is 0 Å². The van der Waals surface area contributed by atoms with Crippen molar-refractivity contribution in [1.82, 2.24) is 10.1 Å². The van der Waals surface area contributed by atoms with Crippen LogP contribution in [0.4, 0.5) is 0 Å². The van der Waals surface area contributed by atoms with E-state index in [9.17, 15) is 4.79 Å². The molecule has 0 spiro atoms. The number of carbonyl (C=O) groups is 1. The molecule has 0 aromatic carbocycles. The first-order valence-electron chi connectivity index (χ1n) is 5.78. The van der Waals surface area contributed by atoms with Crippen molar-refractivity contribution >= 4 is 5.78 Å². The summed E-state index contributed by atoms with van der Waals surface area (Å²) in [5.41, 5.74) is 0.0973. The monoisotopic (exact) mass is 222 g/mol. The lowest BCUT2D eigenvalue weighted by Crippen LogP contribution is -2.16. The average Bonchev–Trinajstić information content (AvgIpc) is 2.75. The Labute approximate surface area is 95.4 Å². The van der Waals surface area contributed by atoms with Gasteiger partial charge in [-0.1, -0.05) is 25.9 Å². The van der Waals surface area contributed by atoms with Crippen molar-refractivity contribution in [2.45, 2.75) is 51.9 Å². The summed E-state index contributed by atoms with van der Waals surface area (Å²) in [6.45, 7) is 7.69. The SMILES string of the molecule is CC(=O)C(c1nc(C2(C)CC2)no1)C(C)C. The fourth-order valence-electron chi connectivity index (χ4n) is 1.95. The third kappa shape index (κ3) is 1.88. The van der Waals surface area contributed by atoms with Gasteiger partial charge in [0.05, 0.1) is 5.92 Å². The van der Waals surface area contributed by atoms with Crippen LogP contribution >= 0.6 is 0 Å². The van der Waals surface area contributed by atoms with E-state index in [-0.39, 0.29) is 23.0 Å². The van der Waals surface area contributed by atoms with Crippen molar-refractivity contribution < 1.29 is 9.32 Å². The quantitative estimate of drug-likeness (QED) is 0.785. The minimum absolute atomic E-state index is 0.0890. The molecule has 0 N–H and O–H groups in total. The van der Waals surface area contributed by atoms with Gasteiger partial charge in [0.25, 0.3) is 0 Å². The molecule has 16 heavy (non-hydrogen) atoms. The molecule has 2 rings (SSSR count). The number of Topliss-reactive ketones (excluding diaryl/α,β-unsaturated/α-hetero) is 1. The highest BCUT2D eigenvalue weighted by atomic mass is 16.5. The Balaban J connectivity index is 2.26. The van der Waals surface area contributed by atoms with Gasteiger partial charge in [0, 0.05) is 5.41 Å². The predicted molar refractivity (Wildman–Crippen MR) is 59.1 cm³/mol. The van der Waals surface area contributed by atoms with Gasteiger partial charge in [-0.25, -0.2) is 0 Å². The molecule has 1 aliphatic carbocycles. The molecular formula is C12H18N2O2. The van der Waals surface area contributed by atoms with Crippen LogP contribution < -0.4 is 0 Å². The summed E-state index contributed by atoms with van der Waals surface area (Å²) in [5, 5.41) is 4.00. The van der Waals surface area contributed by atoms with Gasteiger partial charge in [-0.15, -0.1) is 0 Å². The van der Waals surface area contributed by atoms with E-state index in [1.165, 1.54) is 0 Å². The number of aromatic nitrogens is 2. The molecule has 0 aliphatic heterocycles. The number of ketones is 1. The van der Waals surface area contributed by atoms with Crippen molar-refractivity contribution in [3.05, 3.63) is 11.7 Å². The topological polar surface area (TPSA) is 56.0 Å². The Morgan fingerprint density at radius 1 is 1.44 bits per heavy atom. The fourth-order valence-corrected chi connectivity index (χ4v) is 1.95. The molecule has 1 atom stereocenters. The van der Waals surface area contributed by atoms with Crippen molar-refractivity contribution in [2.24, 2.45) is 5.92 Å². The van der Waals surface area contributed by atoms with Crippen LogP contribution in [0.2, 0.25) is 0 Å². The van der Waals surface area contributed by atoms with Gasteiger partial charge in [0.1, 0.15) is 5.78 Å². The maximum atomic E-state index is 11.5. The summed E-state index contributed by atoms with van der Waals surface area (Å²) in [5.74, 6) is 1.26. The van der Waals surface area contributed by atoms with E-state index in [0.717, 1.165) is 18.7 Å². The predicted octanol–water partition coefficient (Wildman–Crippen LogP) is 2.45. The molecule has 4 heteroatoms. The maximum absolute atomic E-state index is 11.5. The van der Waals surface area contributed by atoms with Crippen LogP contribution in [0.3, 0.4) is 0 Å². The van der Waals surface area contributed by atoms with Crippen molar-refractivity contribution in [2.75, 3.05) is 0 Å². The molecule has 0 radical (unpaired) electrons. The zero-order valence-corrected chi connectivity index (χ0v) is 10.3. The molecule has 1 aromatic heterocycles. The van der Waals surface area contributed by atoms with Crippen molar-refractivity contribution in [3.8, 4) is 0 Å². The number of carbonyl (C=O) groups excluding carboxylic acids is 1. The molecule has 1 aliphatic rings. The van der Waals surface area contributed by atoms with Crippen LogP contribution in [0.15, 0.2) is 4.52 Å². The van der Waals surface area contributed by atoms with Gasteiger partial charge >= 0.3 is 0 Å². The summed E-state index contributed by atoms with van der Waals surface area (Å²) >= 11 is 0. The van der Waals surface area contributed by atoms with E-state index in [2.05, 4.69) is 17.1 Å². The molecule has 0 bridgehead atoms. The number of nitrogens with zero attached hydrogens (tertiary/aromatic N) is 2. The van der Waals surface area contributed by atoms with Gasteiger partial charge in [0.2, 0.25) is 5.89 Å². The summed E-state index contributed by atoms with van der Waals surface area (Å²) < 4.78 is 5.23. The van der Waals surface area contributed by atoms with E-state index in [4.69, 9.17) is 4.52 Å². The van der Waals surface area contributed by atoms with Gasteiger partial charge < -0.3 is 4.52 Å². The fraction of sp³-hybridized carbons (Fsp3) is 0.750. The Kier molecular flexibility index (Phi) is 2.60. The first-order valence-corrected chi connectivity index (χ1v) is 5.78. The number of hydrogen-bond acceptors (Lipinski definition) is 4. The highest BCUT2D eigenvalue weighted by Crippen LogP contribution is 2.46. The van der Waals surface area contributed by atoms with E-state index < -0.39 is 0 Å². The second-order valence-corrected chi connectivity index (χ2v) is 5.35. The number of rotatable bonds is 4. The van der Waals surface area contributed by atoms with Crippen LogP contribution in [-0.4, -0.2) is 15.9 Å². The molecule has 1 heterocycles. The lowest BCUT2D eigenvalue weighted by Gasteiger charge is -2.12. The largest absolute Gasteiger partial charge is 0.339 e. The Morgan fingerprint density at radius 3 is 2.50 bits per heavy atom. The van der Waals surface area contributed by atoms with Crippen LogP contribution in [0.1, 0.15) is 58.2 Å². The van der Waals surface area contributed by atoms with Crippen LogP contribution in [-0.2, 0) is 10.2 Å². The van der Waals surface area contributed by atoms with Crippen molar-refractivity contribution in [1.29, 1.82) is 0 Å². The summed E-state index contributed by atoms with van der Waals surface area (Å²) in [6.07, 6.45) is 2.22. The molecular weight excluding hydrogens is 204 g/mol. The molecule has 1 aromatic rings. The standard InChI is InChI=1S/C12H18N2O2/c1-7(2)9(8(3)15)10-13-11(14-16-10)12(4)5-6-12/h7,9H,5-6H2,1-4H3. The lowest BCUT2D eigenvalue weighted by molar-refractivity contribution is -0.119. The minimum Gasteiger partial charge on any atom is -0.339 e. The second kappa shape index (κ2) is 3.68. The zero-order valence-electron chi connectivity index (χ0n) is 10.3. The molecule has 88 valence electrons. The van der Waals surface area contributed by atoms with E-state index in [0.29, 0.717) is 5.89 Å². The van der Waals surface area contributed by atoms with Gasteiger partial charge in [0.15, 0.2) is 5.82 Å². The molecule has 1 unspecified atom stereocenters. The highest BCUT2D eigenvalue weighted by Gasteiger charge is 2.44. The molecule has 0 amide bonds. The van der Waals surface area contributed by atoms with E-state index in [1.54, 1.807) is 6.92 Å². The zero-order chi connectivity index (χ0) is 11.9. The van der Waals surface area contributed by atoms with Gasteiger partial charge in [-0.05, 0) is 25.7 Å². The average molecular weight is 222 g/mol. The lowest BCUT2D eigenvalue weighted by atomic mass is 9.92.